The van der Waals surface area contributed by atoms with Gasteiger partial charge in [0.1, 0.15) is 5.76 Å². The molecule has 0 radical (unpaired) electrons. The number of nitro benzene ring substituents is 1. The minimum absolute atomic E-state index is 0.0140. The van der Waals surface area contributed by atoms with Crippen LogP contribution in [0.4, 0.5) is 5.69 Å². The van der Waals surface area contributed by atoms with Crippen molar-refractivity contribution in [1.29, 1.82) is 0 Å². The zero-order chi connectivity index (χ0) is 19.5. The van der Waals surface area contributed by atoms with Crippen LogP contribution in [0.2, 0.25) is 0 Å². The number of carbonyl (C=O) groups is 1. The van der Waals surface area contributed by atoms with Crippen LogP contribution in [-0.4, -0.2) is 22.0 Å². The lowest BCUT2D eigenvalue weighted by molar-refractivity contribution is -0.384. The summed E-state index contributed by atoms with van der Waals surface area (Å²) in [5, 5.41) is 15.7. The molecule has 0 fully saturated rings. The maximum Gasteiger partial charge on any atom is 0.307 e. The molecule has 0 atom stereocenters. The van der Waals surface area contributed by atoms with Gasteiger partial charge >= 0.3 is 5.91 Å². The molecule has 8 nitrogen and oxygen atoms in total. The molecule has 0 saturated heterocycles. The highest BCUT2D eigenvalue weighted by atomic mass is 16.6. The largest absolute Gasteiger partial charge is 0.451 e. The number of non-ortho nitro benzene ring substituents is 1. The van der Waals surface area contributed by atoms with E-state index in [4.69, 9.17) is 4.42 Å². The van der Waals surface area contributed by atoms with Crippen LogP contribution in [0.5, 0.6) is 0 Å². The summed E-state index contributed by atoms with van der Waals surface area (Å²) in [4.78, 5) is 25.6. The van der Waals surface area contributed by atoms with Crippen molar-refractivity contribution in [2.24, 2.45) is 5.10 Å². The molecule has 8 heteroatoms. The Morgan fingerprint density at radius 1 is 1.11 bits per heavy atom. The predicted octanol–water partition coefficient (Wildman–Crippen LogP) is 4.10. The van der Waals surface area contributed by atoms with E-state index >= 15 is 0 Å². The lowest BCUT2D eigenvalue weighted by atomic mass is 10.1. The van der Waals surface area contributed by atoms with Crippen molar-refractivity contribution in [3.05, 3.63) is 88.3 Å². The number of hydrazone groups is 1. The van der Waals surface area contributed by atoms with Gasteiger partial charge in [0.05, 0.1) is 11.1 Å². The number of carbonyl (C=O) groups excluding carboxylic acids is 1. The van der Waals surface area contributed by atoms with Gasteiger partial charge in [0.25, 0.3) is 5.69 Å². The molecule has 4 rings (SSSR count). The summed E-state index contributed by atoms with van der Waals surface area (Å²) in [5.74, 6) is 0.0225. The fourth-order valence-electron chi connectivity index (χ4n) is 2.78. The quantitative estimate of drug-likeness (QED) is 0.311. The number of H-pyrrole nitrogens is 1. The Hall–Kier alpha value is -4.20. The molecule has 4 aromatic rings. The average molecular weight is 374 g/mol. The summed E-state index contributed by atoms with van der Waals surface area (Å²) in [6.45, 7) is 0. The van der Waals surface area contributed by atoms with Gasteiger partial charge in [-0.3, -0.25) is 14.9 Å². The van der Waals surface area contributed by atoms with Gasteiger partial charge in [-0.1, -0.05) is 18.2 Å². The topological polar surface area (TPSA) is 114 Å². The average Bonchev–Trinajstić information content (AvgIpc) is 3.36. The van der Waals surface area contributed by atoms with Crippen molar-refractivity contribution in [3.8, 4) is 11.3 Å². The molecule has 1 amide bonds. The van der Waals surface area contributed by atoms with Crippen LogP contribution in [0.3, 0.4) is 0 Å². The minimum atomic E-state index is -0.496. The zero-order valence-corrected chi connectivity index (χ0v) is 14.5. The van der Waals surface area contributed by atoms with Crippen LogP contribution in [0, 0.1) is 10.1 Å². The molecule has 138 valence electrons. The zero-order valence-electron chi connectivity index (χ0n) is 14.5. The second-order valence-electron chi connectivity index (χ2n) is 5.96. The maximum absolute atomic E-state index is 12.2. The van der Waals surface area contributed by atoms with Gasteiger partial charge in [0.2, 0.25) is 0 Å². The molecule has 2 aromatic heterocycles. The number of nitrogens with one attached hydrogen (secondary N) is 2. The molecule has 0 spiro atoms. The summed E-state index contributed by atoms with van der Waals surface area (Å²) in [6, 6.07) is 16.8. The standard InChI is InChI=1S/C20H14N4O4/c25-20(23-22-12-14-11-21-17-4-2-1-3-16(14)17)19-10-9-18(28-19)13-5-7-15(8-6-13)24(26)27/h1-12,21H,(H,23,25). The van der Waals surface area contributed by atoms with Gasteiger partial charge in [-0.15, -0.1) is 0 Å². The van der Waals surface area contributed by atoms with Gasteiger partial charge < -0.3 is 9.40 Å². The molecular weight excluding hydrogens is 360 g/mol. The first-order valence-electron chi connectivity index (χ1n) is 8.36. The highest BCUT2D eigenvalue weighted by molar-refractivity contribution is 5.99. The first kappa shape index (κ1) is 17.2. The van der Waals surface area contributed by atoms with Gasteiger partial charge in [0, 0.05) is 40.4 Å². The van der Waals surface area contributed by atoms with Gasteiger partial charge in [0.15, 0.2) is 5.76 Å². The van der Waals surface area contributed by atoms with E-state index in [1.807, 2.05) is 24.3 Å². The third-order valence-corrected chi connectivity index (χ3v) is 4.18. The fourth-order valence-corrected chi connectivity index (χ4v) is 2.78. The van der Waals surface area contributed by atoms with Crippen LogP contribution >= 0.6 is 0 Å². The number of fused-ring (bicyclic) bond motifs is 1. The van der Waals surface area contributed by atoms with E-state index in [2.05, 4.69) is 15.5 Å². The SMILES string of the molecule is O=C(NN=Cc1c[nH]c2ccccc12)c1ccc(-c2ccc([N+](=O)[O-])cc2)o1. The molecule has 2 aromatic carbocycles. The number of hydrogen-bond acceptors (Lipinski definition) is 5. The Morgan fingerprint density at radius 2 is 1.89 bits per heavy atom. The second kappa shape index (κ2) is 7.20. The number of para-hydroxylation sites is 1. The highest BCUT2D eigenvalue weighted by Crippen LogP contribution is 2.24. The van der Waals surface area contributed by atoms with Gasteiger partial charge in [-0.05, 0) is 30.3 Å². The first-order valence-corrected chi connectivity index (χ1v) is 8.36. The van der Waals surface area contributed by atoms with Crippen LogP contribution in [-0.2, 0) is 0 Å². The molecule has 2 N–H and O–H groups in total. The molecule has 28 heavy (non-hydrogen) atoms. The lowest BCUT2D eigenvalue weighted by Gasteiger charge is -1.98. The van der Waals surface area contributed by atoms with E-state index in [1.54, 1.807) is 30.6 Å². The Labute approximate surface area is 158 Å². The number of nitrogens with zero attached hydrogens (tertiary/aromatic N) is 2. The Kier molecular flexibility index (Phi) is 4.43. The maximum atomic E-state index is 12.2. The number of aromatic amines is 1. The molecule has 2 heterocycles. The van der Waals surface area contributed by atoms with Gasteiger partial charge in [-0.25, -0.2) is 5.43 Å². The highest BCUT2D eigenvalue weighted by Gasteiger charge is 2.13. The Bertz CT molecular complexity index is 1190. The number of furan rings is 1. The third-order valence-electron chi connectivity index (χ3n) is 4.18. The van der Waals surface area contributed by atoms with E-state index in [9.17, 15) is 14.9 Å². The normalized spacial score (nSPS) is 11.1. The molecular formula is C20H14N4O4. The van der Waals surface area contributed by atoms with Crippen molar-refractivity contribution < 1.29 is 14.1 Å². The van der Waals surface area contributed by atoms with Crippen molar-refractivity contribution in [2.45, 2.75) is 0 Å². The van der Waals surface area contributed by atoms with Crippen molar-refractivity contribution in [2.75, 3.05) is 0 Å². The molecule has 0 aliphatic carbocycles. The summed E-state index contributed by atoms with van der Waals surface area (Å²) >= 11 is 0. The van der Waals surface area contributed by atoms with Crippen molar-refractivity contribution >= 4 is 28.7 Å². The van der Waals surface area contributed by atoms with Crippen LogP contribution in [0.1, 0.15) is 16.1 Å². The van der Waals surface area contributed by atoms with Crippen LogP contribution < -0.4 is 5.43 Å². The third kappa shape index (κ3) is 3.38. The molecule has 0 aliphatic rings. The Balaban J connectivity index is 1.45. The molecule has 0 aliphatic heterocycles. The van der Waals surface area contributed by atoms with Crippen LogP contribution in [0.25, 0.3) is 22.2 Å². The number of amides is 1. The van der Waals surface area contributed by atoms with Gasteiger partial charge in [-0.2, -0.15) is 5.10 Å². The molecule has 0 bridgehead atoms. The number of rotatable bonds is 5. The summed E-state index contributed by atoms with van der Waals surface area (Å²) < 4.78 is 5.53. The fraction of sp³-hybridized carbons (Fsp3) is 0. The second-order valence-corrected chi connectivity index (χ2v) is 5.96. The van der Waals surface area contributed by atoms with E-state index < -0.39 is 10.8 Å². The number of hydrogen-bond donors (Lipinski definition) is 2. The van der Waals surface area contributed by atoms with Crippen LogP contribution in [0.15, 0.2) is 76.4 Å². The predicted molar refractivity (Wildman–Crippen MR) is 104 cm³/mol. The minimum Gasteiger partial charge on any atom is -0.451 e. The number of aromatic nitrogens is 1. The molecule has 0 saturated carbocycles. The summed E-state index contributed by atoms with van der Waals surface area (Å²) in [6.07, 6.45) is 3.36. The van der Waals surface area contributed by atoms with E-state index in [-0.39, 0.29) is 11.4 Å². The first-order chi connectivity index (χ1) is 13.6. The Morgan fingerprint density at radius 3 is 2.68 bits per heavy atom. The number of nitro groups is 1. The summed E-state index contributed by atoms with van der Waals surface area (Å²) in [5.41, 5.74) is 4.87. The monoisotopic (exact) mass is 374 g/mol. The summed E-state index contributed by atoms with van der Waals surface area (Å²) in [7, 11) is 0. The van der Waals surface area contributed by atoms with Crippen molar-refractivity contribution in [3.63, 3.8) is 0 Å². The van der Waals surface area contributed by atoms with Crippen molar-refractivity contribution in [1.82, 2.24) is 10.4 Å². The lowest BCUT2D eigenvalue weighted by Crippen LogP contribution is -2.16. The smallest absolute Gasteiger partial charge is 0.307 e. The van der Waals surface area contributed by atoms with E-state index in [0.717, 1.165) is 16.5 Å². The van der Waals surface area contributed by atoms with E-state index in [1.165, 1.54) is 18.2 Å². The number of benzene rings is 2. The van der Waals surface area contributed by atoms with E-state index in [0.29, 0.717) is 11.3 Å². The molecule has 0 unspecified atom stereocenters.